The summed E-state index contributed by atoms with van der Waals surface area (Å²) in [6.07, 6.45) is 0.464. The first-order chi connectivity index (χ1) is 10.6. The minimum absolute atomic E-state index is 0.00822. The Hall–Kier alpha value is -1.95. The van der Waals surface area contributed by atoms with Gasteiger partial charge in [0.2, 0.25) is 5.69 Å². The largest absolute Gasteiger partial charge is 0.618 e. The number of hydrogen-bond donors (Lipinski definition) is 2. The van der Waals surface area contributed by atoms with Crippen LogP contribution in [-0.4, -0.2) is 34.3 Å². The molecule has 0 aliphatic carbocycles. The van der Waals surface area contributed by atoms with E-state index in [4.69, 9.17) is 0 Å². The van der Waals surface area contributed by atoms with E-state index < -0.39 is 6.10 Å². The maximum Gasteiger partial charge on any atom is 0.222 e. The lowest BCUT2D eigenvalue weighted by Crippen LogP contribution is -2.41. The van der Waals surface area contributed by atoms with E-state index in [1.807, 2.05) is 42.2 Å². The van der Waals surface area contributed by atoms with Crippen molar-refractivity contribution in [1.29, 1.82) is 0 Å². The summed E-state index contributed by atoms with van der Waals surface area (Å²) in [6, 6.07) is 14.7. The van der Waals surface area contributed by atoms with Crippen LogP contribution >= 0.6 is 0 Å². The Kier molecular flexibility index (Phi) is 5.89. The molecule has 0 saturated heterocycles. The van der Waals surface area contributed by atoms with Crippen LogP contribution in [0.1, 0.15) is 24.3 Å². The Morgan fingerprint density at radius 2 is 1.82 bits per heavy atom. The van der Waals surface area contributed by atoms with Crippen LogP contribution in [0.25, 0.3) is 0 Å². The number of nitrogens with zero attached hydrogens (tertiary/aromatic N) is 2. The predicted octanol–water partition coefficient (Wildman–Crippen LogP) is 1.24. The molecule has 0 aliphatic rings. The van der Waals surface area contributed by atoms with Crippen molar-refractivity contribution in [3.63, 3.8) is 0 Å². The summed E-state index contributed by atoms with van der Waals surface area (Å²) in [7, 11) is 0. The van der Waals surface area contributed by atoms with E-state index in [-0.39, 0.29) is 19.2 Å². The number of aliphatic hydroxyl groups excluding tert-OH is 2. The third-order valence-electron chi connectivity index (χ3n) is 3.72. The molecule has 118 valence electrons. The van der Waals surface area contributed by atoms with Gasteiger partial charge >= 0.3 is 0 Å². The molecular weight excluding hydrogens is 280 g/mol. The maximum absolute atomic E-state index is 11.7. The number of aromatic nitrogens is 1. The van der Waals surface area contributed by atoms with Crippen LogP contribution in [0, 0.1) is 5.21 Å². The predicted molar refractivity (Wildman–Crippen MR) is 83.8 cm³/mol. The smallest absolute Gasteiger partial charge is 0.222 e. The highest BCUT2D eigenvalue weighted by Crippen LogP contribution is 2.15. The van der Waals surface area contributed by atoms with E-state index in [1.54, 1.807) is 18.2 Å². The molecule has 22 heavy (non-hydrogen) atoms. The van der Waals surface area contributed by atoms with Crippen LogP contribution in [0.15, 0.2) is 54.7 Å². The van der Waals surface area contributed by atoms with Crippen LogP contribution in [-0.2, 0) is 6.54 Å². The first-order valence-corrected chi connectivity index (χ1v) is 7.36. The van der Waals surface area contributed by atoms with Gasteiger partial charge < -0.3 is 15.4 Å². The van der Waals surface area contributed by atoms with Gasteiger partial charge in [-0.05, 0) is 18.6 Å². The monoisotopic (exact) mass is 302 g/mol. The van der Waals surface area contributed by atoms with Crippen molar-refractivity contribution in [2.45, 2.75) is 25.6 Å². The van der Waals surface area contributed by atoms with Gasteiger partial charge in [0.1, 0.15) is 0 Å². The zero-order valence-corrected chi connectivity index (χ0v) is 12.7. The molecule has 2 rings (SSSR count). The molecule has 0 amide bonds. The van der Waals surface area contributed by atoms with Gasteiger partial charge in [0.05, 0.1) is 6.61 Å². The van der Waals surface area contributed by atoms with Crippen LogP contribution in [0.2, 0.25) is 0 Å². The third-order valence-corrected chi connectivity index (χ3v) is 3.72. The second kappa shape index (κ2) is 7.89. The average Bonchev–Trinajstić information content (AvgIpc) is 2.54. The van der Waals surface area contributed by atoms with Crippen molar-refractivity contribution in [2.24, 2.45) is 0 Å². The highest BCUT2D eigenvalue weighted by Gasteiger charge is 2.23. The maximum atomic E-state index is 11.7. The Labute approximate surface area is 130 Å². The second-order valence-corrected chi connectivity index (χ2v) is 5.41. The molecular formula is C17H22N2O3. The van der Waals surface area contributed by atoms with Crippen LogP contribution < -0.4 is 4.73 Å². The first kappa shape index (κ1) is 16.4. The Morgan fingerprint density at radius 1 is 1.14 bits per heavy atom. The van der Waals surface area contributed by atoms with Gasteiger partial charge in [0.15, 0.2) is 12.3 Å². The van der Waals surface area contributed by atoms with Gasteiger partial charge in [-0.25, -0.2) is 0 Å². The Bertz CT molecular complexity index is 577. The number of benzene rings is 1. The Balaban J connectivity index is 2.11. The van der Waals surface area contributed by atoms with Gasteiger partial charge in [-0.15, -0.1) is 0 Å². The molecule has 5 heteroatoms. The fourth-order valence-corrected chi connectivity index (χ4v) is 2.35. The van der Waals surface area contributed by atoms with Crippen LogP contribution in [0.4, 0.5) is 0 Å². The van der Waals surface area contributed by atoms with Crippen molar-refractivity contribution < 1.29 is 14.9 Å². The molecule has 0 fully saturated rings. The van der Waals surface area contributed by atoms with Crippen molar-refractivity contribution in [1.82, 2.24) is 4.90 Å². The van der Waals surface area contributed by atoms with E-state index in [9.17, 15) is 15.4 Å². The van der Waals surface area contributed by atoms with E-state index in [2.05, 4.69) is 0 Å². The lowest BCUT2D eigenvalue weighted by atomic mass is 10.1. The number of rotatable bonds is 7. The molecule has 0 radical (unpaired) electrons. The Morgan fingerprint density at radius 3 is 2.45 bits per heavy atom. The van der Waals surface area contributed by atoms with E-state index in [0.29, 0.717) is 17.0 Å². The molecule has 2 unspecified atom stereocenters. The number of pyridine rings is 1. The summed E-state index contributed by atoms with van der Waals surface area (Å²) in [4.78, 5) is 1.97. The molecule has 0 bridgehead atoms. The molecule has 1 heterocycles. The van der Waals surface area contributed by atoms with Crippen molar-refractivity contribution in [2.75, 3.05) is 13.2 Å². The molecule has 2 N–H and O–H groups in total. The quantitative estimate of drug-likeness (QED) is 0.596. The summed E-state index contributed by atoms with van der Waals surface area (Å²) >= 11 is 0. The zero-order chi connectivity index (χ0) is 15.9. The number of hydrogen-bond acceptors (Lipinski definition) is 4. The minimum atomic E-state index is -0.906. The fraction of sp³-hybridized carbons (Fsp3) is 0.353. The van der Waals surface area contributed by atoms with Gasteiger partial charge in [-0.2, -0.15) is 4.73 Å². The van der Waals surface area contributed by atoms with Crippen molar-refractivity contribution >= 4 is 0 Å². The molecule has 0 spiro atoms. The normalized spacial score (nSPS) is 14.0. The van der Waals surface area contributed by atoms with E-state index >= 15 is 0 Å². The minimum Gasteiger partial charge on any atom is -0.618 e. The molecule has 2 atom stereocenters. The van der Waals surface area contributed by atoms with Gasteiger partial charge in [0.25, 0.3) is 0 Å². The lowest BCUT2D eigenvalue weighted by molar-refractivity contribution is -0.618. The molecule has 1 aromatic heterocycles. The molecule has 5 nitrogen and oxygen atoms in total. The second-order valence-electron chi connectivity index (χ2n) is 5.41. The zero-order valence-electron chi connectivity index (χ0n) is 12.7. The summed E-state index contributed by atoms with van der Waals surface area (Å²) in [5.74, 6) is 0. The summed E-state index contributed by atoms with van der Waals surface area (Å²) in [6.45, 7) is 2.77. The van der Waals surface area contributed by atoms with Crippen LogP contribution in [0.5, 0.6) is 0 Å². The fourth-order valence-electron chi connectivity index (χ4n) is 2.35. The lowest BCUT2D eigenvalue weighted by Gasteiger charge is -2.29. The van der Waals surface area contributed by atoms with Gasteiger partial charge in [0, 0.05) is 31.3 Å². The highest BCUT2D eigenvalue weighted by atomic mass is 16.5. The standard InChI is InChI=1S/C17H22N2O3/c1-14(13-20)18(11-15-7-3-2-4-8-15)12-17(21)16-9-5-6-10-19(16)22/h2-10,14,17,20-21H,11-13H2,1H3. The van der Waals surface area contributed by atoms with Crippen LogP contribution in [0.3, 0.4) is 0 Å². The highest BCUT2D eigenvalue weighted by molar-refractivity contribution is 5.14. The summed E-state index contributed by atoms with van der Waals surface area (Å²) < 4.78 is 0.676. The molecule has 0 aliphatic heterocycles. The van der Waals surface area contributed by atoms with E-state index in [1.165, 1.54) is 6.20 Å². The summed E-state index contributed by atoms with van der Waals surface area (Å²) in [5, 5.41) is 31.5. The SMILES string of the molecule is CC(CO)N(Cc1ccccc1)CC(O)c1cccc[n+]1[O-]. The molecule has 2 aromatic rings. The van der Waals surface area contributed by atoms with E-state index in [0.717, 1.165) is 5.56 Å². The van der Waals surface area contributed by atoms with Gasteiger partial charge in [-0.1, -0.05) is 30.3 Å². The van der Waals surface area contributed by atoms with Crippen molar-refractivity contribution in [3.05, 3.63) is 71.2 Å². The molecule has 1 aromatic carbocycles. The third kappa shape index (κ3) is 4.27. The van der Waals surface area contributed by atoms with Gasteiger partial charge in [-0.3, -0.25) is 4.90 Å². The average molecular weight is 302 g/mol. The first-order valence-electron chi connectivity index (χ1n) is 7.36. The van der Waals surface area contributed by atoms with Crippen molar-refractivity contribution in [3.8, 4) is 0 Å². The summed E-state index contributed by atoms with van der Waals surface area (Å²) in [5.41, 5.74) is 1.41. The number of aliphatic hydroxyl groups is 2. The molecule has 0 saturated carbocycles. The topological polar surface area (TPSA) is 70.6 Å².